The van der Waals surface area contributed by atoms with E-state index in [1.165, 1.54) is 33.4 Å². The molecule has 0 atom stereocenters. The maximum atomic E-state index is 13.6. The number of carbonyl (C=O) groups is 1. The van der Waals surface area contributed by atoms with Crippen molar-refractivity contribution in [3.8, 4) is 22.4 Å². The summed E-state index contributed by atoms with van der Waals surface area (Å²) < 4.78 is 8.89. The van der Waals surface area contributed by atoms with Gasteiger partial charge in [0, 0.05) is 39.7 Å². The highest BCUT2D eigenvalue weighted by Crippen LogP contribution is 2.28. The molecule has 0 bridgehead atoms. The van der Waals surface area contributed by atoms with Crippen molar-refractivity contribution in [1.29, 1.82) is 0 Å². The lowest BCUT2D eigenvalue weighted by Gasteiger charge is -2.11. The molecule has 0 saturated carbocycles. The highest BCUT2D eigenvalue weighted by molar-refractivity contribution is 7.16. The Kier molecular flexibility index (Phi) is 7.45. The molecule has 11 heteroatoms. The summed E-state index contributed by atoms with van der Waals surface area (Å²) in [4.78, 5) is 33.0. The standard InChI is InChI=1S/C29H22ClN5O3S2/c30-25-9-8-22(40-25)17-32-26-16-24(33-35(26)29(37)27-31-11-13-38-27)20-15-23(19-5-2-1-3-6-19)28(36)34(18-20)12-10-21-7-4-14-39-21/h1-9,11,13-16,18,32H,10,12,17H2. The van der Waals surface area contributed by atoms with E-state index in [1.54, 1.807) is 28.2 Å². The summed E-state index contributed by atoms with van der Waals surface area (Å²) in [6.45, 7) is 0.949. The van der Waals surface area contributed by atoms with E-state index < -0.39 is 5.91 Å². The van der Waals surface area contributed by atoms with Gasteiger partial charge < -0.3 is 14.3 Å². The normalized spacial score (nSPS) is 11.1. The number of oxazole rings is 1. The molecule has 5 heterocycles. The van der Waals surface area contributed by atoms with E-state index in [4.69, 9.17) is 16.0 Å². The minimum Gasteiger partial charge on any atom is -0.441 e. The van der Waals surface area contributed by atoms with Crippen molar-refractivity contribution >= 4 is 46.0 Å². The third kappa shape index (κ3) is 5.55. The van der Waals surface area contributed by atoms with Gasteiger partial charge in [0.25, 0.3) is 11.4 Å². The van der Waals surface area contributed by atoms with E-state index in [2.05, 4.69) is 21.5 Å². The summed E-state index contributed by atoms with van der Waals surface area (Å²) in [7, 11) is 0. The Morgan fingerprint density at radius 2 is 1.90 bits per heavy atom. The number of hydrogen-bond acceptors (Lipinski definition) is 8. The average molecular weight is 588 g/mol. The van der Waals surface area contributed by atoms with Crippen molar-refractivity contribution < 1.29 is 9.21 Å². The molecule has 0 spiro atoms. The second-order valence-corrected chi connectivity index (χ2v) is 11.7. The number of benzene rings is 1. The number of nitrogens with zero attached hydrogens (tertiary/aromatic N) is 4. The summed E-state index contributed by atoms with van der Waals surface area (Å²) in [5.74, 6) is -0.139. The average Bonchev–Trinajstić information content (AvgIpc) is 3.79. The molecule has 0 aliphatic rings. The molecule has 6 rings (SSSR count). The van der Waals surface area contributed by atoms with Crippen molar-refractivity contribution in [3.63, 3.8) is 0 Å². The second-order valence-electron chi connectivity index (χ2n) is 8.86. The van der Waals surface area contributed by atoms with Gasteiger partial charge in [0.2, 0.25) is 0 Å². The molecule has 0 saturated heterocycles. The zero-order chi connectivity index (χ0) is 27.5. The van der Waals surface area contributed by atoms with Crippen molar-refractivity contribution in [1.82, 2.24) is 19.3 Å². The maximum Gasteiger partial charge on any atom is 0.335 e. The van der Waals surface area contributed by atoms with E-state index in [0.717, 1.165) is 16.9 Å². The molecule has 200 valence electrons. The molecule has 1 aromatic carbocycles. The molecule has 0 amide bonds. The predicted molar refractivity (Wildman–Crippen MR) is 158 cm³/mol. The van der Waals surface area contributed by atoms with Gasteiger partial charge in [-0.05, 0) is 41.6 Å². The Morgan fingerprint density at radius 3 is 2.62 bits per heavy atom. The van der Waals surface area contributed by atoms with Crippen LogP contribution < -0.4 is 10.9 Å². The van der Waals surface area contributed by atoms with Gasteiger partial charge in [-0.3, -0.25) is 9.59 Å². The third-order valence-corrected chi connectivity index (χ3v) is 8.40. The quantitative estimate of drug-likeness (QED) is 0.203. The largest absolute Gasteiger partial charge is 0.441 e. The third-order valence-electron chi connectivity index (χ3n) is 6.24. The molecule has 0 aliphatic carbocycles. The Balaban J connectivity index is 1.42. The number of nitrogens with one attached hydrogen (secondary N) is 1. The second kappa shape index (κ2) is 11.5. The van der Waals surface area contributed by atoms with Crippen LogP contribution in [0, 0.1) is 0 Å². The topological polar surface area (TPSA) is 95.0 Å². The van der Waals surface area contributed by atoms with Crippen LogP contribution in [0.2, 0.25) is 4.34 Å². The monoisotopic (exact) mass is 587 g/mol. The summed E-state index contributed by atoms with van der Waals surface area (Å²) >= 11 is 9.21. The van der Waals surface area contributed by atoms with Crippen molar-refractivity contribution in [2.45, 2.75) is 19.5 Å². The maximum absolute atomic E-state index is 13.6. The van der Waals surface area contributed by atoms with Crippen LogP contribution in [0.3, 0.4) is 0 Å². The Labute approximate surface area is 242 Å². The van der Waals surface area contributed by atoms with Crippen LogP contribution in [-0.2, 0) is 19.5 Å². The number of aromatic nitrogens is 4. The fourth-order valence-corrected chi connectivity index (χ4v) is 6.02. The van der Waals surface area contributed by atoms with E-state index in [9.17, 15) is 9.59 Å². The van der Waals surface area contributed by atoms with E-state index in [1.807, 2.05) is 60.0 Å². The fourth-order valence-electron chi connectivity index (χ4n) is 4.30. The molecule has 0 unspecified atom stereocenters. The first-order valence-electron chi connectivity index (χ1n) is 12.4. The first-order chi connectivity index (χ1) is 19.5. The summed E-state index contributed by atoms with van der Waals surface area (Å²) in [5.41, 5.74) is 2.50. The number of anilines is 1. The van der Waals surface area contributed by atoms with Gasteiger partial charge in [0.05, 0.1) is 22.8 Å². The first kappa shape index (κ1) is 26.0. The molecule has 6 aromatic rings. The SMILES string of the molecule is O=C(c1ncco1)n1nc(-c2cc(-c3ccccc3)c(=O)n(CCc3cccs3)c2)cc1NCc1ccc(Cl)s1. The van der Waals surface area contributed by atoms with Crippen LogP contribution in [0.4, 0.5) is 5.82 Å². The van der Waals surface area contributed by atoms with Crippen LogP contribution in [0.15, 0.2) is 100.0 Å². The Bertz CT molecular complexity index is 1810. The molecule has 0 fully saturated rings. The fraction of sp³-hybridized carbons (Fsp3) is 0.103. The Hall–Kier alpha value is -4.25. The summed E-state index contributed by atoms with van der Waals surface area (Å²) in [5, 5.41) is 9.95. The van der Waals surface area contributed by atoms with Crippen LogP contribution in [0.1, 0.15) is 20.4 Å². The molecule has 0 radical (unpaired) electrons. The van der Waals surface area contributed by atoms with Gasteiger partial charge in [0.15, 0.2) is 0 Å². The number of halogens is 1. The minimum atomic E-state index is -0.516. The van der Waals surface area contributed by atoms with Gasteiger partial charge in [-0.1, -0.05) is 48.0 Å². The molecular formula is C29H22ClN5O3S2. The molecular weight excluding hydrogens is 566 g/mol. The lowest BCUT2D eigenvalue weighted by molar-refractivity contribution is 0.0913. The van der Waals surface area contributed by atoms with Crippen LogP contribution in [0.25, 0.3) is 22.4 Å². The summed E-state index contributed by atoms with van der Waals surface area (Å²) in [6.07, 6.45) is 5.28. The number of hydrogen-bond donors (Lipinski definition) is 1. The number of aryl methyl sites for hydroxylation is 2. The first-order valence-corrected chi connectivity index (χ1v) is 14.5. The number of pyridine rings is 1. The van der Waals surface area contributed by atoms with Gasteiger partial charge in [-0.15, -0.1) is 22.7 Å². The van der Waals surface area contributed by atoms with Crippen LogP contribution >= 0.6 is 34.3 Å². The van der Waals surface area contributed by atoms with E-state index in [0.29, 0.717) is 40.1 Å². The molecule has 1 N–H and O–H groups in total. The number of carbonyl (C=O) groups excluding carboxylic acids is 1. The lowest BCUT2D eigenvalue weighted by atomic mass is 10.0. The van der Waals surface area contributed by atoms with Crippen molar-refractivity contribution in [2.75, 3.05) is 5.32 Å². The van der Waals surface area contributed by atoms with Crippen molar-refractivity contribution in [3.05, 3.63) is 121 Å². The summed E-state index contributed by atoms with van der Waals surface area (Å²) in [6, 6.07) is 21.0. The molecule has 8 nitrogen and oxygen atoms in total. The number of thiophene rings is 2. The predicted octanol–water partition coefficient (Wildman–Crippen LogP) is 6.69. The molecule has 40 heavy (non-hydrogen) atoms. The van der Waals surface area contributed by atoms with E-state index in [-0.39, 0.29) is 11.4 Å². The van der Waals surface area contributed by atoms with Gasteiger partial charge in [-0.2, -0.15) is 9.78 Å². The highest BCUT2D eigenvalue weighted by atomic mass is 35.5. The smallest absolute Gasteiger partial charge is 0.335 e. The lowest BCUT2D eigenvalue weighted by Crippen LogP contribution is -2.22. The highest BCUT2D eigenvalue weighted by Gasteiger charge is 2.22. The molecule has 0 aliphatic heterocycles. The van der Waals surface area contributed by atoms with Crippen molar-refractivity contribution in [2.24, 2.45) is 0 Å². The zero-order valence-electron chi connectivity index (χ0n) is 21.0. The van der Waals surface area contributed by atoms with Gasteiger partial charge >= 0.3 is 5.91 Å². The Morgan fingerprint density at radius 1 is 1.02 bits per heavy atom. The minimum absolute atomic E-state index is 0.0808. The molecule has 5 aromatic heterocycles. The number of rotatable bonds is 9. The van der Waals surface area contributed by atoms with Crippen LogP contribution in [-0.4, -0.2) is 25.2 Å². The zero-order valence-corrected chi connectivity index (χ0v) is 23.4. The van der Waals surface area contributed by atoms with Gasteiger partial charge in [0.1, 0.15) is 12.1 Å². The van der Waals surface area contributed by atoms with Crippen LogP contribution in [0.5, 0.6) is 0 Å². The van der Waals surface area contributed by atoms with Gasteiger partial charge in [-0.25, -0.2) is 4.98 Å². The van der Waals surface area contributed by atoms with E-state index >= 15 is 0 Å².